The molecule has 0 saturated heterocycles. The third kappa shape index (κ3) is 4.62. The Kier molecular flexibility index (Phi) is 9.14. The van der Waals surface area contributed by atoms with Crippen molar-refractivity contribution in [2.75, 3.05) is 21.3 Å². The summed E-state index contributed by atoms with van der Waals surface area (Å²) in [5, 5.41) is 3.44. The highest BCUT2D eigenvalue weighted by Crippen LogP contribution is 2.52. The topological polar surface area (TPSA) is 78.1 Å². The Hall–Kier alpha value is -1.22. The Labute approximate surface area is 180 Å². The molecule has 7 heteroatoms. The van der Waals surface area contributed by atoms with Crippen molar-refractivity contribution >= 4 is 29.9 Å². The van der Waals surface area contributed by atoms with Gasteiger partial charge in [0.15, 0.2) is 17.5 Å². The number of halogens is 1. The molecule has 1 saturated carbocycles. The first kappa shape index (κ1) is 23.8. The molecule has 3 N–H and O–H groups in total. The number of methoxy groups -OCH3 is 3. The van der Waals surface area contributed by atoms with Crippen molar-refractivity contribution < 1.29 is 14.2 Å². The summed E-state index contributed by atoms with van der Waals surface area (Å²) >= 11 is 0. The fraction of sp³-hybridized carbons (Fsp3) is 0.650. The Morgan fingerprint density at radius 3 is 2.30 bits per heavy atom. The van der Waals surface area contributed by atoms with Crippen LogP contribution in [-0.2, 0) is 11.3 Å². The fourth-order valence-corrected chi connectivity index (χ4v) is 4.46. The maximum atomic E-state index is 6.18. The summed E-state index contributed by atoms with van der Waals surface area (Å²) in [6.07, 6.45) is 2.36. The van der Waals surface area contributed by atoms with E-state index < -0.39 is 0 Å². The van der Waals surface area contributed by atoms with Gasteiger partial charge in [-0.05, 0) is 30.5 Å². The third-order valence-corrected chi connectivity index (χ3v) is 5.94. The largest absolute Gasteiger partial charge is 0.493 e. The summed E-state index contributed by atoms with van der Waals surface area (Å²) in [5.74, 6) is 2.27. The SMILES string of the molecule is CCC1(CC)C(NC(N)=NCc2ccc(OC)c(OC)c2)C(C)C1OC.I. The van der Waals surface area contributed by atoms with Crippen LogP contribution in [0.25, 0.3) is 0 Å². The average molecular weight is 491 g/mol. The first-order valence-electron chi connectivity index (χ1n) is 9.27. The summed E-state index contributed by atoms with van der Waals surface area (Å²) < 4.78 is 16.3. The Morgan fingerprint density at radius 2 is 1.78 bits per heavy atom. The van der Waals surface area contributed by atoms with Crippen LogP contribution in [0.4, 0.5) is 0 Å². The quantitative estimate of drug-likeness (QED) is 0.330. The van der Waals surface area contributed by atoms with Gasteiger partial charge in [-0.3, -0.25) is 0 Å². The lowest BCUT2D eigenvalue weighted by Crippen LogP contribution is -2.70. The minimum Gasteiger partial charge on any atom is -0.493 e. The Bertz CT molecular complexity index is 635. The van der Waals surface area contributed by atoms with Gasteiger partial charge >= 0.3 is 0 Å². The van der Waals surface area contributed by atoms with E-state index in [0.717, 1.165) is 18.4 Å². The van der Waals surface area contributed by atoms with Crippen LogP contribution in [0.5, 0.6) is 11.5 Å². The lowest BCUT2D eigenvalue weighted by Gasteiger charge is -2.59. The maximum Gasteiger partial charge on any atom is 0.189 e. The van der Waals surface area contributed by atoms with Crippen molar-refractivity contribution in [1.29, 1.82) is 0 Å². The summed E-state index contributed by atoms with van der Waals surface area (Å²) in [4.78, 5) is 4.51. The molecule has 1 aliphatic carbocycles. The molecule has 2 rings (SSSR count). The number of hydrogen-bond donors (Lipinski definition) is 2. The molecule has 27 heavy (non-hydrogen) atoms. The van der Waals surface area contributed by atoms with Crippen LogP contribution in [0, 0.1) is 11.3 Å². The highest BCUT2D eigenvalue weighted by atomic mass is 127. The van der Waals surface area contributed by atoms with Crippen molar-refractivity contribution in [3.8, 4) is 11.5 Å². The molecule has 154 valence electrons. The number of benzene rings is 1. The Morgan fingerprint density at radius 1 is 1.15 bits per heavy atom. The standard InChI is InChI=1S/C20H33N3O3.HI/c1-7-20(8-2)17(13(3)18(20)26-6)23-19(21)22-12-14-9-10-15(24-4)16(11-14)25-5;/h9-11,13,17-18H,7-8,12H2,1-6H3,(H3,21,22,23);1H. The molecule has 3 unspecified atom stereocenters. The number of hydrogen-bond acceptors (Lipinski definition) is 4. The predicted octanol–water partition coefficient (Wildman–Crippen LogP) is 3.57. The van der Waals surface area contributed by atoms with Gasteiger partial charge in [0.1, 0.15) is 0 Å². The number of nitrogens with one attached hydrogen (secondary N) is 1. The number of rotatable bonds is 8. The number of ether oxygens (including phenoxy) is 3. The van der Waals surface area contributed by atoms with Gasteiger partial charge in [-0.1, -0.05) is 26.8 Å². The van der Waals surface area contributed by atoms with Gasteiger partial charge in [0.2, 0.25) is 0 Å². The molecule has 1 aromatic carbocycles. The van der Waals surface area contributed by atoms with Gasteiger partial charge in [-0.25, -0.2) is 4.99 Å². The van der Waals surface area contributed by atoms with Crippen molar-refractivity contribution in [2.24, 2.45) is 22.1 Å². The van der Waals surface area contributed by atoms with Crippen LogP contribution < -0.4 is 20.5 Å². The van der Waals surface area contributed by atoms with Crippen molar-refractivity contribution in [3.63, 3.8) is 0 Å². The molecule has 0 heterocycles. The van der Waals surface area contributed by atoms with Crippen LogP contribution in [0.15, 0.2) is 23.2 Å². The maximum absolute atomic E-state index is 6.18. The van der Waals surface area contributed by atoms with Crippen molar-refractivity contribution in [3.05, 3.63) is 23.8 Å². The summed E-state index contributed by atoms with van der Waals surface area (Å²) in [6, 6.07) is 6.04. The fourth-order valence-electron chi connectivity index (χ4n) is 4.46. The summed E-state index contributed by atoms with van der Waals surface area (Å²) in [7, 11) is 5.05. The highest BCUT2D eigenvalue weighted by molar-refractivity contribution is 14.0. The lowest BCUT2D eigenvalue weighted by atomic mass is 9.53. The molecular formula is C20H34IN3O3. The van der Waals surface area contributed by atoms with Gasteiger partial charge < -0.3 is 25.3 Å². The molecule has 6 nitrogen and oxygen atoms in total. The van der Waals surface area contributed by atoms with Gasteiger partial charge in [-0.2, -0.15) is 0 Å². The van der Waals surface area contributed by atoms with E-state index in [9.17, 15) is 0 Å². The number of nitrogens with zero attached hydrogens (tertiary/aromatic N) is 1. The molecule has 0 bridgehead atoms. The monoisotopic (exact) mass is 491 g/mol. The highest BCUT2D eigenvalue weighted by Gasteiger charge is 2.58. The van der Waals surface area contributed by atoms with Crippen LogP contribution in [0.2, 0.25) is 0 Å². The minimum atomic E-state index is 0. The molecule has 0 aliphatic heterocycles. The van der Waals surface area contributed by atoms with Crippen LogP contribution in [0.3, 0.4) is 0 Å². The van der Waals surface area contributed by atoms with E-state index in [4.69, 9.17) is 19.9 Å². The van der Waals surface area contributed by atoms with Crippen LogP contribution in [-0.4, -0.2) is 39.4 Å². The predicted molar refractivity (Wildman–Crippen MR) is 120 cm³/mol. The summed E-state index contributed by atoms with van der Waals surface area (Å²) in [6.45, 7) is 7.12. The van der Waals surface area contributed by atoms with Crippen LogP contribution in [0.1, 0.15) is 39.2 Å². The Balaban J connectivity index is 0.00000364. The minimum absolute atomic E-state index is 0. The summed E-state index contributed by atoms with van der Waals surface area (Å²) in [5.41, 5.74) is 7.30. The second-order valence-electron chi connectivity index (χ2n) is 6.97. The van der Waals surface area contributed by atoms with E-state index in [-0.39, 0.29) is 41.5 Å². The van der Waals surface area contributed by atoms with E-state index in [2.05, 4.69) is 31.1 Å². The van der Waals surface area contributed by atoms with Gasteiger partial charge in [0.05, 0.1) is 26.9 Å². The van der Waals surface area contributed by atoms with Gasteiger partial charge in [0, 0.05) is 24.5 Å². The molecular weight excluding hydrogens is 457 g/mol. The lowest BCUT2D eigenvalue weighted by molar-refractivity contribution is -0.163. The number of nitrogens with two attached hydrogens (primary N) is 1. The smallest absolute Gasteiger partial charge is 0.189 e. The van der Waals surface area contributed by atoms with Gasteiger partial charge in [-0.15, -0.1) is 24.0 Å². The number of aliphatic imine (C=N–C) groups is 1. The van der Waals surface area contributed by atoms with E-state index in [1.165, 1.54) is 0 Å². The third-order valence-electron chi connectivity index (χ3n) is 5.94. The molecule has 1 aromatic rings. The average Bonchev–Trinajstić information content (AvgIpc) is 2.67. The number of guanidine groups is 1. The molecule has 0 amide bonds. The second-order valence-corrected chi connectivity index (χ2v) is 6.97. The zero-order valence-corrected chi connectivity index (χ0v) is 19.6. The normalized spacial score (nSPS) is 23.8. The van der Waals surface area contributed by atoms with Crippen LogP contribution >= 0.6 is 24.0 Å². The molecule has 0 radical (unpaired) electrons. The first-order chi connectivity index (χ1) is 12.5. The molecule has 1 fully saturated rings. The van der Waals surface area contributed by atoms with E-state index in [0.29, 0.717) is 29.9 Å². The zero-order valence-electron chi connectivity index (χ0n) is 17.2. The van der Waals surface area contributed by atoms with Crippen molar-refractivity contribution in [1.82, 2.24) is 5.32 Å². The van der Waals surface area contributed by atoms with E-state index >= 15 is 0 Å². The second kappa shape index (κ2) is 10.4. The van der Waals surface area contributed by atoms with E-state index in [1.807, 2.05) is 18.2 Å². The van der Waals surface area contributed by atoms with E-state index in [1.54, 1.807) is 21.3 Å². The molecule has 1 aliphatic rings. The molecule has 3 atom stereocenters. The molecule has 0 aromatic heterocycles. The zero-order chi connectivity index (χ0) is 19.3. The first-order valence-corrected chi connectivity index (χ1v) is 9.27. The van der Waals surface area contributed by atoms with Gasteiger partial charge in [0.25, 0.3) is 0 Å². The molecule has 0 spiro atoms. The van der Waals surface area contributed by atoms with Crippen molar-refractivity contribution in [2.45, 2.75) is 52.3 Å².